The molecule has 2 N–H and O–H groups in total. The molecule has 0 aliphatic carbocycles. The Kier molecular flexibility index (Phi) is 3.38. The van der Waals surface area contributed by atoms with Gasteiger partial charge in [0.2, 0.25) is 0 Å². The predicted molar refractivity (Wildman–Crippen MR) is 87.8 cm³/mol. The number of fused-ring (bicyclic) bond motifs is 1. The van der Waals surface area contributed by atoms with E-state index in [1.165, 1.54) is 12.1 Å². The van der Waals surface area contributed by atoms with Crippen LogP contribution in [0.3, 0.4) is 0 Å². The van der Waals surface area contributed by atoms with Crippen molar-refractivity contribution in [2.45, 2.75) is 0 Å². The fourth-order valence-electron chi connectivity index (χ4n) is 2.98. The van der Waals surface area contributed by atoms with E-state index < -0.39 is 0 Å². The maximum atomic E-state index is 13.2. The molecule has 0 spiro atoms. The zero-order valence-corrected chi connectivity index (χ0v) is 12.5. The second-order valence-corrected chi connectivity index (χ2v) is 5.65. The second-order valence-electron chi connectivity index (χ2n) is 5.65. The quantitative estimate of drug-likeness (QED) is 0.762. The van der Waals surface area contributed by atoms with Gasteiger partial charge in [0.15, 0.2) is 5.82 Å². The van der Waals surface area contributed by atoms with Crippen LogP contribution in [0.2, 0.25) is 0 Å². The lowest BCUT2D eigenvalue weighted by Crippen LogP contribution is -2.43. The summed E-state index contributed by atoms with van der Waals surface area (Å²) in [5, 5.41) is 18.8. The molecule has 0 unspecified atom stereocenters. The number of piperazine rings is 1. The summed E-state index contributed by atoms with van der Waals surface area (Å²) in [4.78, 5) is 2.21. The number of aromatic nitrogens is 2. The van der Waals surface area contributed by atoms with Crippen LogP contribution in [-0.4, -0.2) is 41.1 Å². The number of halogens is 1. The number of benzene rings is 2. The van der Waals surface area contributed by atoms with Gasteiger partial charge in [-0.3, -0.25) is 0 Å². The van der Waals surface area contributed by atoms with Gasteiger partial charge in [-0.1, -0.05) is 0 Å². The molecule has 1 aliphatic heterocycles. The molecule has 0 saturated carbocycles. The Labute approximate surface area is 133 Å². The van der Waals surface area contributed by atoms with Gasteiger partial charge < -0.3 is 15.3 Å². The number of hydrogen-bond donors (Lipinski definition) is 2. The van der Waals surface area contributed by atoms with E-state index in [1.807, 2.05) is 6.07 Å². The first-order valence-electron chi connectivity index (χ1n) is 7.66. The van der Waals surface area contributed by atoms with Gasteiger partial charge in [-0.05, 0) is 42.5 Å². The summed E-state index contributed by atoms with van der Waals surface area (Å²) < 4.78 is 15.0. The number of phenols is 1. The second kappa shape index (κ2) is 5.55. The number of anilines is 1. The minimum absolute atomic E-state index is 0.215. The van der Waals surface area contributed by atoms with Crippen molar-refractivity contribution in [3.63, 3.8) is 0 Å². The van der Waals surface area contributed by atoms with Gasteiger partial charge in [-0.15, -0.1) is 5.10 Å². The van der Waals surface area contributed by atoms with Gasteiger partial charge in [0.05, 0.1) is 11.2 Å². The molecular weight excluding hydrogens is 295 g/mol. The van der Waals surface area contributed by atoms with Crippen molar-refractivity contribution in [1.29, 1.82) is 0 Å². The maximum absolute atomic E-state index is 13.2. The van der Waals surface area contributed by atoms with Crippen LogP contribution in [-0.2, 0) is 0 Å². The molecule has 0 atom stereocenters. The third-order valence-corrected chi connectivity index (χ3v) is 4.13. The van der Waals surface area contributed by atoms with Crippen LogP contribution < -0.4 is 10.2 Å². The molecule has 1 aromatic heterocycles. The molecule has 1 fully saturated rings. The van der Waals surface area contributed by atoms with E-state index in [9.17, 15) is 9.50 Å². The standard InChI is InChI=1S/C17H17FN4O/c18-12-1-3-13(4-2-12)22-16-6-5-14(23)11-15(16)17(20-22)21-9-7-19-8-10-21/h1-6,11,19,23H,7-10H2. The van der Waals surface area contributed by atoms with Gasteiger partial charge in [0.1, 0.15) is 11.6 Å². The average molecular weight is 312 g/mol. The molecular formula is C17H17FN4O. The van der Waals surface area contributed by atoms with Crippen LogP contribution in [0.5, 0.6) is 5.75 Å². The normalized spacial score (nSPS) is 15.3. The summed E-state index contributed by atoms with van der Waals surface area (Å²) in [5.41, 5.74) is 1.69. The largest absolute Gasteiger partial charge is 0.508 e. The highest BCUT2D eigenvalue weighted by atomic mass is 19.1. The topological polar surface area (TPSA) is 53.3 Å². The Hall–Kier alpha value is -2.60. The SMILES string of the molecule is Oc1ccc2c(c1)c(N1CCNCC1)nn2-c1ccc(F)cc1. The molecule has 4 rings (SSSR count). The Morgan fingerprint density at radius 1 is 1.04 bits per heavy atom. The molecule has 0 bridgehead atoms. The van der Waals surface area contributed by atoms with Crippen LogP contribution >= 0.6 is 0 Å². The summed E-state index contributed by atoms with van der Waals surface area (Å²) in [6.07, 6.45) is 0. The first kappa shape index (κ1) is 14.0. The zero-order valence-electron chi connectivity index (χ0n) is 12.5. The fraction of sp³-hybridized carbons (Fsp3) is 0.235. The number of nitrogens with zero attached hydrogens (tertiary/aromatic N) is 3. The molecule has 118 valence electrons. The molecule has 5 nitrogen and oxygen atoms in total. The lowest BCUT2D eigenvalue weighted by Gasteiger charge is -2.27. The van der Waals surface area contributed by atoms with Crippen LogP contribution in [0.4, 0.5) is 10.2 Å². The van der Waals surface area contributed by atoms with Crippen molar-refractivity contribution in [3.8, 4) is 11.4 Å². The van der Waals surface area contributed by atoms with Gasteiger partial charge in [-0.25, -0.2) is 9.07 Å². The van der Waals surface area contributed by atoms with Crippen molar-refractivity contribution in [1.82, 2.24) is 15.1 Å². The number of rotatable bonds is 2. The smallest absolute Gasteiger partial charge is 0.159 e. The summed E-state index contributed by atoms with van der Waals surface area (Å²) in [6, 6.07) is 11.5. The average Bonchev–Trinajstić information content (AvgIpc) is 2.95. The third kappa shape index (κ3) is 2.51. The Morgan fingerprint density at radius 2 is 1.78 bits per heavy atom. The minimum atomic E-state index is -0.273. The highest BCUT2D eigenvalue weighted by molar-refractivity contribution is 5.93. The Balaban J connectivity index is 1.89. The number of phenolic OH excluding ortho intramolecular Hbond substituents is 1. The number of nitrogens with one attached hydrogen (secondary N) is 1. The van der Waals surface area contributed by atoms with Crippen LogP contribution in [0, 0.1) is 5.82 Å². The van der Waals surface area contributed by atoms with Crippen molar-refractivity contribution >= 4 is 16.7 Å². The molecule has 0 radical (unpaired) electrons. The molecule has 23 heavy (non-hydrogen) atoms. The van der Waals surface area contributed by atoms with Crippen LogP contribution in [0.15, 0.2) is 42.5 Å². The molecule has 3 aromatic rings. The molecule has 1 saturated heterocycles. The lowest BCUT2D eigenvalue weighted by atomic mass is 10.2. The van der Waals surface area contributed by atoms with E-state index in [1.54, 1.807) is 28.9 Å². The third-order valence-electron chi connectivity index (χ3n) is 4.13. The van der Waals surface area contributed by atoms with E-state index in [4.69, 9.17) is 5.10 Å². The fourth-order valence-corrected chi connectivity index (χ4v) is 2.98. The van der Waals surface area contributed by atoms with E-state index in [-0.39, 0.29) is 11.6 Å². The zero-order chi connectivity index (χ0) is 15.8. The van der Waals surface area contributed by atoms with Gasteiger partial charge in [0, 0.05) is 31.6 Å². The summed E-state index contributed by atoms with van der Waals surface area (Å²) >= 11 is 0. The van der Waals surface area contributed by atoms with Crippen molar-refractivity contribution in [2.24, 2.45) is 0 Å². The molecule has 2 aromatic carbocycles. The predicted octanol–water partition coefficient (Wildman–Crippen LogP) is 2.28. The summed E-state index contributed by atoms with van der Waals surface area (Å²) in [5.74, 6) is 0.791. The molecule has 0 amide bonds. The molecule has 6 heteroatoms. The lowest BCUT2D eigenvalue weighted by molar-refractivity contribution is 0.476. The number of aromatic hydroxyl groups is 1. The van der Waals surface area contributed by atoms with Crippen LogP contribution in [0.1, 0.15) is 0 Å². The van der Waals surface area contributed by atoms with E-state index in [0.717, 1.165) is 48.6 Å². The monoisotopic (exact) mass is 312 g/mol. The summed E-state index contributed by atoms with van der Waals surface area (Å²) in [6.45, 7) is 3.55. The van der Waals surface area contributed by atoms with Gasteiger partial charge in [-0.2, -0.15) is 0 Å². The van der Waals surface area contributed by atoms with Crippen molar-refractivity contribution in [3.05, 3.63) is 48.3 Å². The minimum Gasteiger partial charge on any atom is -0.508 e. The maximum Gasteiger partial charge on any atom is 0.159 e. The van der Waals surface area contributed by atoms with E-state index in [0.29, 0.717) is 0 Å². The molecule has 1 aliphatic rings. The highest BCUT2D eigenvalue weighted by Crippen LogP contribution is 2.31. The van der Waals surface area contributed by atoms with Gasteiger partial charge >= 0.3 is 0 Å². The first-order valence-corrected chi connectivity index (χ1v) is 7.66. The Bertz CT molecular complexity index is 838. The Morgan fingerprint density at radius 3 is 2.52 bits per heavy atom. The highest BCUT2D eigenvalue weighted by Gasteiger charge is 2.19. The number of hydrogen-bond acceptors (Lipinski definition) is 4. The van der Waals surface area contributed by atoms with Crippen molar-refractivity contribution < 1.29 is 9.50 Å². The van der Waals surface area contributed by atoms with E-state index >= 15 is 0 Å². The van der Waals surface area contributed by atoms with E-state index in [2.05, 4.69) is 10.2 Å². The van der Waals surface area contributed by atoms with Gasteiger partial charge in [0.25, 0.3) is 0 Å². The van der Waals surface area contributed by atoms with Crippen LogP contribution in [0.25, 0.3) is 16.6 Å². The van der Waals surface area contributed by atoms with Crippen molar-refractivity contribution in [2.75, 3.05) is 31.1 Å². The summed E-state index contributed by atoms with van der Waals surface area (Å²) in [7, 11) is 0. The first-order chi connectivity index (χ1) is 11.2. The molecule has 2 heterocycles.